The number of hydrogen-bond donors (Lipinski definition) is 2. The van der Waals surface area contributed by atoms with Crippen LogP contribution in [0.25, 0.3) is 0 Å². The minimum Gasteiger partial charge on any atom is -0.370 e. The quantitative estimate of drug-likeness (QED) is 0.492. The van der Waals surface area contributed by atoms with Crippen molar-refractivity contribution in [3.8, 4) is 0 Å². The van der Waals surface area contributed by atoms with Gasteiger partial charge in [0, 0.05) is 18.4 Å². The fraction of sp³-hybridized carbons (Fsp3) is 0.538. The molecule has 1 aliphatic carbocycles. The van der Waals surface area contributed by atoms with E-state index in [0.717, 1.165) is 23.7 Å². The van der Waals surface area contributed by atoms with Crippen LogP contribution in [0, 0.1) is 12.8 Å². The highest BCUT2D eigenvalue weighted by molar-refractivity contribution is 14.0. The molecule has 1 aliphatic rings. The maximum absolute atomic E-state index is 5.80. The first kappa shape index (κ1) is 15.2. The third-order valence-electron chi connectivity index (χ3n) is 3.20. The second-order valence-corrected chi connectivity index (χ2v) is 4.69. The number of halogens is 1. The molecule has 1 aromatic rings. The van der Waals surface area contributed by atoms with Gasteiger partial charge in [0.1, 0.15) is 0 Å². The van der Waals surface area contributed by atoms with Gasteiger partial charge in [0.05, 0.1) is 6.54 Å². The number of rotatable bonds is 4. The summed E-state index contributed by atoms with van der Waals surface area (Å²) in [6, 6.07) is 4.02. The zero-order valence-corrected chi connectivity index (χ0v) is 13.1. The smallest absolute Gasteiger partial charge is 0.188 e. The lowest BCUT2D eigenvalue weighted by Crippen LogP contribution is -2.37. The summed E-state index contributed by atoms with van der Waals surface area (Å²) >= 11 is 0. The van der Waals surface area contributed by atoms with Crippen LogP contribution in [0.2, 0.25) is 0 Å². The summed E-state index contributed by atoms with van der Waals surface area (Å²) < 4.78 is 0. The monoisotopic (exact) mass is 360 g/mol. The van der Waals surface area contributed by atoms with E-state index in [1.807, 2.05) is 25.3 Å². The molecule has 1 fully saturated rings. The van der Waals surface area contributed by atoms with E-state index in [1.54, 1.807) is 0 Å². The summed E-state index contributed by atoms with van der Waals surface area (Å²) in [6.45, 7) is 3.53. The van der Waals surface area contributed by atoms with Gasteiger partial charge in [0.2, 0.25) is 0 Å². The molecule has 0 amide bonds. The molecule has 0 spiro atoms. The summed E-state index contributed by atoms with van der Waals surface area (Å²) in [5, 5.41) is 3.17. The predicted molar refractivity (Wildman–Crippen MR) is 85.1 cm³/mol. The van der Waals surface area contributed by atoms with E-state index in [0.29, 0.717) is 12.5 Å². The van der Waals surface area contributed by atoms with E-state index >= 15 is 0 Å². The summed E-state index contributed by atoms with van der Waals surface area (Å²) in [4.78, 5) is 8.52. The molecule has 5 heteroatoms. The lowest BCUT2D eigenvalue weighted by molar-refractivity contribution is 0.315. The molecule has 4 nitrogen and oxygen atoms in total. The fourth-order valence-electron chi connectivity index (χ4n) is 1.77. The van der Waals surface area contributed by atoms with Gasteiger partial charge in [0.25, 0.3) is 0 Å². The molecule has 0 saturated heterocycles. The molecule has 0 aromatic carbocycles. The van der Waals surface area contributed by atoms with Crippen molar-refractivity contribution in [2.24, 2.45) is 16.6 Å². The largest absolute Gasteiger partial charge is 0.370 e. The molecule has 0 aliphatic heterocycles. The third kappa shape index (κ3) is 4.80. The molecular weight excluding hydrogens is 339 g/mol. The van der Waals surface area contributed by atoms with E-state index in [9.17, 15) is 0 Å². The van der Waals surface area contributed by atoms with Crippen molar-refractivity contribution in [3.05, 3.63) is 29.6 Å². The average molecular weight is 360 g/mol. The van der Waals surface area contributed by atoms with Gasteiger partial charge in [0.15, 0.2) is 5.96 Å². The van der Waals surface area contributed by atoms with Crippen LogP contribution in [-0.4, -0.2) is 17.5 Å². The Morgan fingerprint density at radius 1 is 1.50 bits per heavy atom. The Balaban J connectivity index is 0.00000162. The molecular formula is C13H21IN4. The highest BCUT2D eigenvalue weighted by Crippen LogP contribution is 2.24. The molecule has 18 heavy (non-hydrogen) atoms. The SMILES string of the molecule is Cc1ccc(CN=C(N)NCC2CCC2)cn1.I. The van der Waals surface area contributed by atoms with E-state index < -0.39 is 0 Å². The molecule has 100 valence electrons. The Morgan fingerprint density at radius 2 is 2.28 bits per heavy atom. The number of aryl methyl sites for hydroxylation is 1. The molecule has 0 radical (unpaired) electrons. The van der Waals surface area contributed by atoms with E-state index in [4.69, 9.17) is 5.73 Å². The normalized spacial score (nSPS) is 15.7. The average Bonchev–Trinajstić information content (AvgIpc) is 2.26. The van der Waals surface area contributed by atoms with Crippen molar-refractivity contribution in [1.82, 2.24) is 10.3 Å². The molecule has 3 N–H and O–H groups in total. The second-order valence-electron chi connectivity index (χ2n) is 4.69. The second kappa shape index (κ2) is 7.56. The van der Waals surface area contributed by atoms with Crippen LogP contribution in [-0.2, 0) is 6.54 Å². The number of aromatic nitrogens is 1. The molecule has 1 saturated carbocycles. The van der Waals surface area contributed by atoms with Crippen molar-refractivity contribution < 1.29 is 0 Å². The third-order valence-corrected chi connectivity index (χ3v) is 3.20. The minimum atomic E-state index is 0. The van der Waals surface area contributed by atoms with Crippen molar-refractivity contribution in [2.75, 3.05) is 6.54 Å². The van der Waals surface area contributed by atoms with Gasteiger partial charge < -0.3 is 11.1 Å². The Labute approximate surface area is 125 Å². The Bertz CT molecular complexity index is 384. The van der Waals surface area contributed by atoms with Gasteiger partial charge in [-0.15, -0.1) is 24.0 Å². The summed E-state index contributed by atoms with van der Waals surface area (Å²) in [6.07, 6.45) is 5.85. The predicted octanol–water partition coefficient (Wildman–Crippen LogP) is 2.21. The Morgan fingerprint density at radius 3 is 2.83 bits per heavy atom. The first-order valence-corrected chi connectivity index (χ1v) is 6.19. The number of nitrogens with zero attached hydrogens (tertiary/aromatic N) is 2. The number of nitrogens with one attached hydrogen (secondary N) is 1. The van der Waals surface area contributed by atoms with Gasteiger partial charge in [-0.3, -0.25) is 4.98 Å². The van der Waals surface area contributed by atoms with E-state index in [2.05, 4.69) is 15.3 Å². The molecule has 1 heterocycles. The van der Waals surface area contributed by atoms with Crippen molar-refractivity contribution in [2.45, 2.75) is 32.7 Å². The lowest BCUT2D eigenvalue weighted by atomic mass is 9.85. The molecule has 0 unspecified atom stereocenters. The maximum Gasteiger partial charge on any atom is 0.188 e. The summed E-state index contributed by atoms with van der Waals surface area (Å²) in [5.41, 5.74) is 7.91. The van der Waals surface area contributed by atoms with Crippen molar-refractivity contribution >= 4 is 29.9 Å². The Kier molecular flexibility index (Phi) is 6.38. The number of pyridine rings is 1. The van der Waals surface area contributed by atoms with E-state index in [1.165, 1.54) is 19.3 Å². The zero-order chi connectivity index (χ0) is 12.1. The first-order chi connectivity index (χ1) is 8.24. The van der Waals surface area contributed by atoms with Crippen LogP contribution in [0.1, 0.15) is 30.5 Å². The number of guanidine groups is 1. The summed E-state index contributed by atoms with van der Waals surface area (Å²) in [5.74, 6) is 1.34. The first-order valence-electron chi connectivity index (χ1n) is 6.19. The standard InChI is InChI=1S/C13H20N4.HI/c1-10-5-6-12(8-15-10)9-17-13(14)16-7-11-3-2-4-11;/h5-6,8,11H,2-4,7,9H2,1H3,(H3,14,16,17);1H. The van der Waals surface area contributed by atoms with E-state index in [-0.39, 0.29) is 24.0 Å². The number of nitrogens with two attached hydrogens (primary N) is 1. The van der Waals surface area contributed by atoms with Crippen LogP contribution >= 0.6 is 24.0 Å². The zero-order valence-electron chi connectivity index (χ0n) is 10.7. The lowest BCUT2D eigenvalue weighted by Gasteiger charge is -2.25. The van der Waals surface area contributed by atoms with Crippen molar-refractivity contribution in [1.29, 1.82) is 0 Å². The molecule has 0 atom stereocenters. The molecule has 1 aromatic heterocycles. The fourth-order valence-corrected chi connectivity index (χ4v) is 1.77. The van der Waals surface area contributed by atoms with Crippen LogP contribution in [0.4, 0.5) is 0 Å². The number of hydrogen-bond acceptors (Lipinski definition) is 2. The van der Waals surface area contributed by atoms with Gasteiger partial charge in [-0.2, -0.15) is 0 Å². The van der Waals surface area contributed by atoms with Crippen LogP contribution in [0.15, 0.2) is 23.3 Å². The topological polar surface area (TPSA) is 63.3 Å². The van der Waals surface area contributed by atoms with Gasteiger partial charge >= 0.3 is 0 Å². The highest BCUT2D eigenvalue weighted by Gasteiger charge is 2.16. The van der Waals surface area contributed by atoms with Crippen LogP contribution in [0.3, 0.4) is 0 Å². The van der Waals surface area contributed by atoms with Crippen LogP contribution < -0.4 is 11.1 Å². The van der Waals surface area contributed by atoms with Gasteiger partial charge in [-0.05, 0) is 37.3 Å². The van der Waals surface area contributed by atoms with Crippen LogP contribution in [0.5, 0.6) is 0 Å². The minimum absolute atomic E-state index is 0. The highest BCUT2D eigenvalue weighted by atomic mass is 127. The molecule has 2 rings (SSSR count). The summed E-state index contributed by atoms with van der Waals surface area (Å²) in [7, 11) is 0. The number of aliphatic imine (C=N–C) groups is 1. The maximum atomic E-state index is 5.80. The molecule has 0 bridgehead atoms. The van der Waals surface area contributed by atoms with Crippen molar-refractivity contribution in [3.63, 3.8) is 0 Å². The van der Waals surface area contributed by atoms with Gasteiger partial charge in [-0.1, -0.05) is 12.5 Å². The van der Waals surface area contributed by atoms with Gasteiger partial charge in [-0.25, -0.2) is 4.99 Å². The Hall–Kier alpha value is -0.850.